The number of primary amides is 1. The van der Waals surface area contributed by atoms with E-state index in [1.807, 2.05) is 6.07 Å². The van der Waals surface area contributed by atoms with Gasteiger partial charge in [0.2, 0.25) is 0 Å². The van der Waals surface area contributed by atoms with Crippen LogP contribution in [0.4, 0.5) is 0 Å². The van der Waals surface area contributed by atoms with Crippen LogP contribution in [0.3, 0.4) is 0 Å². The van der Waals surface area contributed by atoms with Crippen LogP contribution in [0.5, 0.6) is 0 Å². The van der Waals surface area contributed by atoms with Gasteiger partial charge in [0.1, 0.15) is 5.69 Å². The summed E-state index contributed by atoms with van der Waals surface area (Å²) in [5.74, 6) is -0.504. The van der Waals surface area contributed by atoms with Crippen molar-refractivity contribution in [2.24, 2.45) is 5.73 Å². The Bertz CT molecular complexity index is 608. The first kappa shape index (κ1) is 13.6. The molecule has 0 aliphatic carbocycles. The third-order valence-electron chi connectivity index (χ3n) is 3.18. The second-order valence-electron chi connectivity index (χ2n) is 4.39. The summed E-state index contributed by atoms with van der Waals surface area (Å²) in [6, 6.07) is 7.85. The third kappa shape index (κ3) is 2.62. The second-order valence-corrected chi connectivity index (χ2v) is 4.39. The molecule has 0 radical (unpaired) electrons. The van der Waals surface area contributed by atoms with E-state index in [-0.39, 0.29) is 18.1 Å². The molecule has 0 saturated carbocycles. The molecule has 100 valence electrons. The van der Waals surface area contributed by atoms with Crippen molar-refractivity contribution < 1.29 is 4.79 Å². The lowest BCUT2D eigenvalue weighted by atomic mass is 10.0. The standard InChI is InChI=1S/C13H14N4O.ClH/c14-13(18)12-4-6-17(16-12)11-2-1-10-8-15-5-3-9(10)7-11;/h1-2,4,6-7,15H,3,5,8H2,(H2,14,18);1H. The lowest BCUT2D eigenvalue weighted by Crippen LogP contribution is -2.23. The number of rotatable bonds is 2. The molecule has 3 N–H and O–H groups in total. The number of carbonyl (C=O) groups is 1. The van der Waals surface area contributed by atoms with Crippen molar-refractivity contribution in [3.63, 3.8) is 0 Å². The van der Waals surface area contributed by atoms with Gasteiger partial charge in [-0.1, -0.05) is 6.07 Å². The number of aromatic nitrogens is 2. The van der Waals surface area contributed by atoms with E-state index < -0.39 is 5.91 Å². The maximum Gasteiger partial charge on any atom is 0.269 e. The van der Waals surface area contributed by atoms with E-state index in [2.05, 4.69) is 22.5 Å². The number of hydrogen-bond acceptors (Lipinski definition) is 3. The smallest absolute Gasteiger partial charge is 0.269 e. The summed E-state index contributed by atoms with van der Waals surface area (Å²) in [5, 5.41) is 7.49. The van der Waals surface area contributed by atoms with Crippen LogP contribution in [-0.2, 0) is 13.0 Å². The highest BCUT2D eigenvalue weighted by molar-refractivity contribution is 5.90. The van der Waals surface area contributed by atoms with Gasteiger partial charge in [0.15, 0.2) is 0 Å². The fourth-order valence-corrected chi connectivity index (χ4v) is 2.21. The Kier molecular flexibility index (Phi) is 3.87. The number of halogens is 1. The predicted molar refractivity (Wildman–Crippen MR) is 74.7 cm³/mol. The number of carbonyl (C=O) groups excluding carboxylic acids is 1. The van der Waals surface area contributed by atoms with Crippen molar-refractivity contribution in [3.8, 4) is 5.69 Å². The van der Waals surface area contributed by atoms with Gasteiger partial charge < -0.3 is 11.1 Å². The number of nitrogens with two attached hydrogens (primary N) is 1. The summed E-state index contributed by atoms with van der Waals surface area (Å²) >= 11 is 0. The summed E-state index contributed by atoms with van der Waals surface area (Å²) in [6.45, 7) is 1.92. The molecule has 6 heteroatoms. The number of amides is 1. The van der Waals surface area contributed by atoms with Crippen molar-refractivity contribution in [1.82, 2.24) is 15.1 Å². The minimum atomic E-state index is -0.504. The molecule has 0 unspecified atom stereocenters. The van der Waals surface area contributed by atoms with Gasteiger partial charge in [-0.3, -0.25) is 4.79 Å². The van der Waals surface area contributed by atoms with Gasteiger partial charge in [-0.15, -0.1) is 12.4 Å². The molecule has 0 saturated heterocycles. The first-order valence-electron chi connectivity index (χ1n) is 5.92. The van der Waals surface area contributed by atoms with Crippen LogP contribution in [0.15, 0.2) is 30.5 Å². The van der Waals surface area contributed by atoms with Crippen molar-refractivity contribution in [2.75, 3.05) is 6.54 Å². The molecule has 19 heavy (non-hydrogen) atoms. The molecule has 5 nitrogen and oxygen atoms in total. The van der Waals surface area contributed by atoms with Crippen LogP contribution in [-0.4, -0.2) is 22.2 Å². The molecule has 1 aliphatic heterocycles. The van der Waals surface area contributed by atoms with Crippen molar-refractivity contribution in [3.05, 3.63) is 47.3 Å². The van der Waals surface area contributed by atoms with Gasteiger partial charge in [-0.2, -0.15) is 5.10 Å². The zero-order chi connectivity index (χ0) is 12.5. The minimum absolute atomic E-state index is 0. The Morgan fingerprint density at radius 2 is 2.16 bits per heavy atom. The molecule has 1 aromatic carbocycles. The van der Waals surface area contributed by atoms with Crippen LogP contribution >= 0.6 is 12.4 Å². The Morgan fingerprint density at radius 1 is 1.32 bits per heavy atom. The maximum absolute atomic E-state index is 11.0. The Balaban J connectivity index is 0.00000133. The highest BCUT2D eigenvalue weighted by atomic mass is 35.5. The topological polar surface area (TPSA) is 72.9 Å². The summed E-state index contributed by atoms with van der Waals surface area (Å²) in [6.07, 6.45) is 2.77. The molecule has 0 bridgehead atoms. The lowest BCUT2D eigenvalue weighted by Gasteiger charge is -2.17. The fourth-order valence-electron chi connectivity index (χ4n) is 2.21. The molecular weight excluding hydrogens is 264 g/mol. The van der Waals surface area contributed by atoms with Crippen LogP contribution in [0.1, 0.15) is 21.6 Å². The monoisotopic (exact) mass is 278 g/mol. The summed E-state index contributed by atoms with van der Waals surface area (Å²) in [5.41, 5.74) is 9.10. The normalized spacial score (nSPS) is 13.5. The summed E-state index contributed by atoms with van der Waals surface area (Å²) < 4.78 is 1.68. The van der Waals surface area contributed by atoms with E-state index >= 15 is 0 Å². The average molecular weight is 279 g/mol. The SMILES string of the molecule is Cl.NC(=O)c1ccn(-c2ccc3c(c2)CCNC3)n1. The summed E-state index contributed by atoms with van der Waals surface area (Å²) in [7, 11) is 0. The highest BCUT2D eigenvalue weighted by Gasteiger charge is 2.11. The minimum Gasteiger partial charge on any atom is -0.364 e. The van der Waals surface area contributed by atoms with E-state index in [1.165, 1.54) is 11.1 Å². The van der Waals surface area contributed by atoms with Gasteiger partial charge in [-0.05, 0) is 42.3 Å². The third-order valence-corrected chi connectivity index (χ3v) is 3.18. The zero-order valence-electron chi connectivity index (χ0n) is 10.3. The van der Waals surface area contributed by atoms with Gasteiger partial charge in [-0.25, -0.2) is 4.68 Å². The number of fused-ring (bicyclic) bond motifs is 1. The molecular formula is C13H15ClN4O. The van der Waals surface area contributed by atoms with Gasteiger partial charge in [0.05, 0.1) is 5.69 Å². The summed E-state index contributed by atoms with van der Waals surface area (Å²) in [4.78, 5) is 11.0. The zero-order valence-corrected chi connectivity index (χ0v) is 11.1. The Labute approximate surface area is 117 Å². The van der Waals surface area contributed by atoms with Crippen molar-refractivity contribution in [2.45, 2.75) is 13.0 Å². The van der Waals surface area contributed by atoms with E-state index in [1.54, 1.807) is 16.9 Å². The van der Waals surface area contributed by atoms with Crippen LogP contribution in [0.25, 0.3) is 5.69 Å². The number of benzene rings is 1. The lowest BCUT2D eigenvalue weighted by molar-refractivity contribution is 0.0995. The first-order valence-corrected chi connectivity index (χ1v) is 5.92. The molecule has 0 fully saturated rings. The molecule has 1 aromatic heterocycles. The fraction of sp³-hybridized carbons (Fsp3) is 0.231. The predicted octanol–water partition coefficient (Wildman–Crippen LogP) is 1.04. The number of nitrogens with zero attached hydrogens (tertiary/aromatic N) is 2. The molecule has 1 amide bonds. The van der Waals surface area contributed by atoms with Gasteiger partial charge in [0, 0.05) is 12.7 Å². The van der Waals surface area contributed by atoms with Crippen LogP contribution in [0.2, 0.25) is 0 Å². The molecule has 3 rings (SSSR count). The quantitative estimate of drug-likeness (QED) is 0.862. The Hall–Kier alpha value is -1.85. The van der Waals surface area contributed by atoms with E-state index in [0.717, 1.165) is 25.2 Å². The molecule has 2 heterocycles. The van der Waals surface area contributed by atoms with E-state index in [9.17, 15) is 4.79 Å². The van der Waals surface area contributed by atoms with Gasteiger partial charge in [0.25, 0.3) is 5.91 Å². The number of hydrogen-bond donors (Lipinski definition) is 2. The van der Waals surface area contributed by atoms with Crippen molar-refractivity contribution in [1.29, 1.82) is 0 Å². The largest absolute Gasteiger partial charge is 0.364 e. The maximum atomic E-state index is 11.0. The van der Waals surface area contributed by atoms with E-state index in [4.69, 9.17) is 5.73 Å². The van der Waals surface area contributed by atoms with Gasteiger partial charge >= 0.3 is 0 Å². The van der Waals surface area contributed by atoms with E-state index in [0.29, 0.717) is 0 Å². The molecule has 2 aromatic rings. The highest BCUT2D eigenvalue weighted by Crippen LogP contribution is 2.18. The van der Waals surface area contributed by atoms with Crippen LogP contribution < -0.4 is 11.1 Å². The first-order chi connectivity index (χ1) is 8.74. The molecule has 0 spiro atoms. The Morgan fingerprint density at radius 3 is 2.89 bits per heavy atom. The van der Waals surface area contributed by atoms with Crippen molar-refractivity contribution >= 4 is 18.3 Å². The molecule has 1 aliphatic rings. The number of nitrogens with one attached hydrogen (secondary N) is 1. The second kappa shape index (κ2) is 5.42. The van der Waals surface area contributed by atoms with Crippen LogP contribution in [0, 0.1) is 0 Å². The molecule has 0 atom stereocenters. The average Bonchev–Trinajstić information content (AvgIpc) is 2.88.